The second kappa shape index (κ2) is 8.34. The van der Waals surface area contributed by atoms with Crippen molar-refractivity contribution in [2.45, 2.75) is 57.2 Å². The van der Waals surface area contributed by atoms with Crippen molar-refractivity contribution < 1.29 is 9.47 Å². The molecule has 3 aromatic rings. The van der Waals surface area contributed by atoms with E-state index >= 15 is 0 Å². The molecule has 164 valence electrons. The minimum absolute atomic E-state index is 0.0182. The van der Waals surface area contributed by atoms with E-state index < -0.39 is 0 Å². The summed E-state index contributed by atoms with van der Waals surface area (Å²) in [7, 11) is 1.65. The minimum Gasteiger partial charge on any atom is -0.493 e. The van der Waals surface area contributed by atoms with E-state index in [4.69, 9.17) is 14.5 Å². The van der Waals surface area contributed by atoms with E-state index in [-0.39, 0.29) is 17.7 Å². The zero-order chi connectivity index (χ0) is 21.4. The smallest absolute Gasteiger partial charge is 0.262 e. The summed E-state index contributed by atoms with van der Waals surface area (Å²) < 4.78 is 13.6. The van der Waals surface area contributed by atoms with E-state index in [9.17, 15) is 4.79 Å². The molecule has 2 fully saturated rings. The highest BCUT2D eigenvalue weighted by Gasteiger charge is 2.30. The standard InChI is InChI=1S/C23H29N5O3/c1-15(27-12-11-17(14-27)31-20-10-6-5-9-19(20)30-2)21-25-22-18(23(29)26-21)13-24-28(22)16-7-3-4-8-16/h5-6,9-10,13,15-17H,3-4,7-8,11-12,14H2,1-2H3,(H,25,26,29)/t15-,17?/m1/s1. The van der Waals surface area contributed by atoms with Crippen LogP contribution in [0.2, 0.25) is 0 Å². The van der Waals surface area contributed by atoms with Crippen LogP contribution in [0.3, 0.4) is 0 Å². The highest BCUT2D eigenvalue weighted by Crippen LogP contribution is 2.32. The predicted octanol–water partition coefficient (Wildman–Crippen LogP) is 3.46. The van der Waals surface area contributed by atoms with Gasteiger partial charge in [0.15, 0.2) is 17.1 Å². The van der Waals surface area contributed by atoms with Gasteiger partial charge in [0.05, 0.1) is 25.4 Å². The first-order valence-corrected chi connectivity index (χ1v) is 11.1. The van der Waals surface area contributed by atoms with E-state index in [2.05, 4.69) is 21.9 Å². The predicted molar refractivity (Wildman–Crippen MR) is 118 cm³/mol. The number of likely N-dealkylation sites (tertiary alicyclic amines) is 1. The molecular formula is C23H29N5O3. The number of nitrogens with one attached hydrogen (secondary N) is 1. The number of hydrogen-bond donors (Lipinski definition) is 1. The molecule has 5 rings (SSSR count). The fourth-order valence-electron chi connectivity index (χ4n) is 4.84. The van der Waals surface area contributed by atoms with Crippen LogP contribution < -0.4 is 15.0 Å². The van der Waals surface area contributed by atoms with Crippen LogP contribution in [-0.2, 0) is 0 Å². The number of aromatic nitrogens is 4. The summed E-state index contributed by atoms with van der Waals surface area (Å²) in [6.07, 6.45) is 7.25. The Bertz CT molecular complexity index is 1120. The van der Waals surface area contributed by atoms with Gasteiger partial charge in [0.25, 0.3) is 5.56 Å². The number of para-hydroxylation sites is 2. The molecule has 2 aromatic heterocycles. The van der Waals surface area contributed by atoms with Crippen LogP contribution in [0.4, 0.5) is 0 Å². The molecule has 31 heavy (non-hydrogen) atoms. The van der Waals surface area contributed by atoms with E-state index in [1.807, 2.05) is 28.9 Å². The van der Waals surface area contributed by atoms with Gasteiger partial charge >= 0.3 is 0 Å². The summed E-state index contributed by atoms with van der Waals surface area (Å²) in [4.78, 5) is 22.9. The van der Waals surface area contributed by atoms with Gasteiger partial charge in [0.1, 0.15) is 17.3 Å². The van der Waals surface area contributed by atoms with E-state index in [1.165, 1.54) is 12.8 Å². The summed E-state index contributed by atoms with van der Waals surface area (Å²) in [5.74, 6) is 2.19. The van der Waals surface area contributed by atoms with Gasteiger partial charge in [0.2, 0.25) is 0 Å². The third-order valence-corrected chi connectivity index (χ3v) is 6.63. The van der Waals surface area contributed by atoms with Crippen LogP contribution in [0, 0.1) is 0 Å². The Kier molecular flexibility index (Phi) is 5.40. The van der Waals surface area contributed by atoms with Crippen LogP contribution in [0.1, 0.15) is 56.9 Å². The van der Waals surface area contributed by atoms with Gasteiger partial charge in [-0.25, -0.2) is 9.67 Å². The van der Waals surface area contributed by atoms with Crippen molar-refractivity contribution in [2.75, 3.05) is 20.2 Å². The van der Waals surface area contributed by atoms with Gasteiger partial charge in [-0.1, -0.05) is 25.0 Å². The Balaban J connectivity index is 1.35. The summed E-state index contributed by atoms with van der Waals surface area (Å²) in [6, 6.07) is 8.05. The molecule has 1 saturated carbocycles. The van der Waals surface area contributed by atoms with Crippen molar-refractivity contribution in [3.8, 4) is 11.5 Å². The topological polar surface area (TPSA) is 85.3 Å². The number of methoxy groups -OCH3 is 1. The second-order valence-electron chi connectivity index (χ2n) is 8.57. The lowest BCUT2D eigenvalue weighted by atomic mass is 10.2. The van der Waals surface area contributed by atoms with Gasteiger partial charge in [-0.3, -0.25) is 9.69 Å². The van der Waals surface area contributed by atoms with Crippen LogP contribution in [0.25, 0.3) is 11.0 Å². The molecular weight excluding hydrogens is 394 g/mol. The Morgan fingerprint density at radius 1 is 1.16 bits per heavy atom. The number of hydrogen-bond acceptors (Lipinski definition) is 6. The summed E-state index contributed by atoms with van der Waals surface area (Å²) in [5, 5.41) is 5.07. The molecule has 2 aliphatic rings. The van der Waals surface area contributed by atoms with Gasteiger partial charge in [0, 0.05) is 13.1 Å². The maximum atomic E-state index is 12.7. The number of benzene rings is 1. The Morgan fingerprint density at radius 3 is 2.71 bits per heavy atom. The molecule has 1 unspecified atom stereocenters. The molecule has 0 spiro atoms. The monoisotopic (exact) mass is 423 g/mol. The zero-order valence-corrected chi connectivity index (χ0v) is 18.1. The number of nitrogens with zero attached hydrogens (tertiary/aromatic N) is 4. The van der Waals surface area contributed by atoms with Crippen molar-refractivity contribution in [1.82, 2.24) is 24.6 Å². The summed E-state index contributed by atoms with van der Waals surface area (Å²) >= 11 is 0. The molecule has 1 aliphatic heterocycles. The molecule has 8 heteroatoms. The third kappa shape index (κ3) is 3.80. The van der Waals surface area contributed by atoms with Crippen molar-refractivity contribution in [3.63, 3.8) is 0 Å². The quantitative estimate of drug-likeness (QED) is 0.654. The zero-order valence-electron chi connectivity index (χ0n) is 18.1. The molecule has 2 atom stereocenters. The van der Waals surface area contributed by atoms with Crippen LogP contribution in [-0.4, -0.2) is 51.0 Å². The van der Waals surface area contributed by atoms with E-state index in [0.717, 1.165) is 43.9 Å². The normalized spacial score (nSPS) is 21.0. The first kappa shape index (κ1) is 20.1. The molecule has 1 saturated heterocycles. The number of fused-ring (bicyclic) bond motifs is 1. The largest absolute Gasteiger partial charge is 0.493 e. The first-order chi connectivity index (χ1) is 15.1. The number of ether oxygens (including phenoxy) is 2. The lowest BCUT2D eigenvalue weighted by Gasteiger charge is -2.24. The molecule has 1 aliphatic carbocycles. The van der Waals surface area contributed by atoms with Crippen LogP contribution in [0.15, 0.2) is 35.3 Å². The van der Waals surface area contributed by atoms with Gasteiger partial charge in [-0.05, 0) is 38.3 Å². The minimum atomic E-state index is -0.114. The summed E-state index contributed by atoms with van der Waals surface area (Å²) in [6.45, 7) is 3.74. The molecule has 8 nitrogen and oxygen atoms in total. The molecule has 1 aromatic carbocycles. The van der Waals surface area contributed by atoms with Gasteiger partial charge in [-0.2, -0.15) is 5.10 Å². The number of H-pyrrole nitrogens is 1. The van der Waals surface area contributed by atoms with Crippen LogP contribution in [0.5, 0.6) is 11.5 Å². The second-order valence-corrected chi connectivity index (χ2v) is 8.57. The van der Waals surface area contributed by atoms with Crippen molar-refractivity contribution in [2.24, 2.45) is 0 Å². The highest BCUT2D eigenvalue weighted by molar-refractivity contribution is 5.73. The average Bonchev–Trinajstić information content (AvgIpc) is 3.54. The maximum absolute atomic E-state index is 12.7. The molecule has 0 bridgehead atoms. The Labute approximate surface area is 181 Å². The van der Waals surface area contributed by atoms with Gasteiger partial charge < -0.3 is 14.5 Å². The maximum Gasteiger partial charge on any atom is 0.262 e. The fraction of sp³-hybridized carbons (Fsp3) is 0.522. The Hall–Kier alpha value is -2.87. The first-order valence-electron chi connectivity index (χ1n) is 11.1. The molecule has 1 N–H and O–H groups in total. The van der Waals surface area contributed by atoms with E-state index in [1.54, 1.807) is 13.3 Å². The lowest BCUT2D eigenvalue weighted by Crippen LogP contribution is -2.30. The highest BCUT2D eigenvalue weighted by atomic mass is 16.5. The lowest BCUT2D eigenvalue weighted by molar-refractivity contribution is 0.175. The van der Waals surface area contributed by atoms with Crippen molar-refractivity contribution >= 4 is 11.0 Å². The van der Waals surface area contributed by atoms with Crippen molar-refractivity contribution in [1.29, 1.82) is 0 Å². The van der Waals surface area contributed by atoms with Gasteiger partial charge in [-0.15, -0.1) is 0 Å². The SMILES string of the molecule is COc1ccccc1OC1CCN([C@H](C)c2nc3c(cnn3C3CCCC3)c(=O)[nH]2)C1. The van der Waals surface area contributed by atoms with Crippen molar-refractivity contribution in [3.05, 3.63) is 46.6 Å². The molecule has 3 heterocycles. The number of aromatic amines is 1. The van der Waals surface area contributed by atoms with E-state index in [0.29, 0.717) is 22.9 Å². The number of rotatable bonds is 6. The third-order valence-electron chi connectivity index (χ3n) is 6.63. The molecule has 0 amide bonds. The average molecular weight is 424 g/mol. The fourth-order valence-corrected chi connectivity index (χ4v) is 4.84. The molecule has 0 radical (unpaired) electrons. The van der Waals surface area contributed by atoms with Crippen LogP contribution >= 0.6 is 0 Å². The Morgan fingerprint density at radius 2 is 1.94 bits per heavy atom. The summed E-state index contributed by atoms with van der Waals surface area (Å²) in [5.41, 5.74) is 0.593.